The topological polar surface area (TPSA) is 169 Å². The quantitative estimate of drug-likeness (QED) is 0.0232. The van der Waals surface area contributed by atoms with Crippen LogP contribution in [0.25, 0.3) is 0 Å². The summed E-state index contributed by atoms with van der Waals surface area (Å²) in [5.41, 5.74) is 0. The highest BCUT2D eigenvalue weighted by atomic mass is 16.7. The zero-order valence-corrected chi connectivity index (χ0v) is 49.5. The maximum atomic E-state index is 13.1. The summed E-state index contributed by atoms with van der Waals surface area (Å²) in [5, 5.41) is 65.1. The first-order valence-corrected chi connectivity index (χ1v) is 33.0. The molecule has 75 heavy (non-hydrogen) atoms. The van der Waals surface area contributed by atoms with Crippen LogP contribution in [0.15, 0.2) is 12.2 Å². The summed E-state index contributed by atoms with van der Waals surface area (Å²) in [4.78, 5) is 13.1. The van der Waals surface area contributed by atoms with Crippen molar-refractivity contribution in [2.24, 2.45) is 0 Å². The fourth-order valence-electron chi connectivity index (χ4n) is 10.9. The zero-order chi connectivity index (χ0) is 54.5. The highest BCUT2D eigenvalue weighted by Gasteiger charge is 2.44. The number of carbonyl (C=O) groups excluding carboxylic acids is 1. The largest absolute Gasteiger partial charge is 0.394 e. The van der Waals surface area contributed by atoms with E-state index in [-0.39, 0.29) is 6.61 Å². The Kier molecular flexibility index (Phi) is 52.6. The number of hydrogen-bond donors (Lipinski definition) is 7. The normalized spacial score (nSPS) is 19.3. The summed E-state index contributed by atoms with van der Waals surface area (Å²) in [7, 11) is 0. The number of nitrogens with one attached hydrogen (secondary N) is 1. The van der Waals surface area contributed by atoms with Crippen molar-refractivity contribution in [3.63, 3.8) is 0 Å². The van der Waals surface area contributed by atoms with Crippen LogP contribution in [0.1, 0.15) is 335 Å². The minimum absolute atomic E-state index is 0.301. The van der Waals surface area contributed by atoms with Gasteiger partial charge in [-0.1, -0.05) is 328 Å². The first-order valence-electron chi connectivity index (χ1n) is 33.0. The maximum absolute atomic E-state index is 13.1. The molecule has 0 aliphatic carbocycles. The Hall–Kier alpha value is -1.11. The van der Waals surface area contributed by atoms with Crippen LogP contribution >= 0.6 is 0 Å². The van der Waals surface area contributed by atoms with Crippen LogP contribution in [0.5, 0.6) is 0 Å². The van der Waals surface area contributed by atoms with E-state index in [4.69, 9.17) is 9.47 Å². The minimum Gasteiger partial charge on any atom is -0.394 e. The molecule has 0 bridgehead atoms. The third-order valence-corrected chi connectivity index (χ3v) is 16.2. The van der Waals surface area contributed by atoms with Crippen molar-refractivity contribution in [3.8, 4) is 0 Å². The third kappa shape index (κ3) is 43.4. The second-order valence-electron chi connectivity index (χ2n) is 23.4. The van der Waals surface area contributed by atoms with Gasteiger partial charge in [-0.15, -0.1) is 0 Å². The van der Waals surface area contributed by atoms with Crippen LogP contribution in [0.2, 0.25) is 0 Å². The third-order valence-electron chi connectivity index (χ3n) is 16.2. The molecular formula is C65H127NO9. The van der Waals surface area contributed by atoms with Gasteiger partial charge in [0.05, 0.1) is 25.4 Å². The molecule has 0 radical (unpaired) electrons. The van der Waals surface area contributed by atoms with Gasteiger partial charge in [0, 0.05) is 0 Å². The number of allylic oxidation sites excluding steroid dienone is 1. The molecule has 7 N–H and O–H groups in total. The second kappa shape index (κ2) is 54.8. The van der Waals surface area contributed by atoms with E-state index in [1.165, 1.54) is 270 Å². The molecule has 0 saturated carbocycles. The lowest BCUT2D eigenvalue weighted by atomic mass is 9.99. The van der Waals surface area contributed by atoms with E-state index >= 15 is 0 Å². The van der Waals surface area contributed by atoms with Crippen LogP contribution in [0.4, 0.5) is 0 Å². The molecule has 1 amide bonds. The van der Waals surface area contributed by atoms with Crippen molar-refractivity contribution in [3.05, 3.63) is 12.2 Å². The summed E-state index contributed by atoms with van der Waals surface area (Å²) in [6.07, 6.45) is 59.3. The number of ether oxygens (including phenoxy) is 2. The Morgan fingerprint density at radius 1 is 0.453 bits per heavy atom. The number of unbranched alkanes of at least 4 members (excludes halogenated alkanes) is 47. The standard InChI is InChI=1S/C65H127NO9/c1-3-5-7-9-11-13-15-17-19-20-21-22-23-24-25-26-27-28-29-30-31-32-33-34-35-36-37-38-39-40-42-44-46-48-50-52-54-59(69)64(73)66-57(56-74-65-63(72)62(71)61(70)60(55-67)75-65)58(68)53-51-49-47-45-43-41-18-16-14-12-10-8-6-4-2/h51,53,57-63,65,67-72H,3-50,52,54-56H2,1-2H3,(H,66,73)/b53-51+. The first-order chi connectivity index (χ1) is 36.8. The fraction of sp³-hybridized carbons (Fsp3) is 0.954. The molecule has 8 unspecified atom stereocenters. The van der Waals surface area contributed by atoms with Gasteiger partial charge in [-0.05, 0) is 19.3 Å². The SMILES string of the molecule is CCCCCCCCCCCCCC/C=C/C(O)C(COC1OC(CO)C(O)C(O)C1O)NC(=O)C(O)CCCCCCCCCCCCCCCCCCCCCCCCCCCCCCCCCCCCCC. The van der Waals surface area contributed by atoms with Gasteiger partial charge in [0.15, 0.2) is 6.29 Å². The lowest BCUT2D eigenvalue weighted by molar-refractivity contribution is -0.302. The van der Waals surface area contributed by atoms with E-state index in [0.29, 0.717) is 6.42 Å². The van der Waals surface area contributed by atoms with Gasteiger partial charge >= 0.3 is 0 Å². The maximum Gasteiger partial charge on any atom is 0.249 e. The van der Waals surface area contributed by atoms with Crippen LogP contribution in [-0.2, 0) is 14.3 Å². The van der Waals surface area contributed by atoms with Gasteiger partial charge < -0.3 is 45.4 Å². The Morgan fingerprint density at radius 3 is 1.08 bits per heavy atom. The molecule has 0 aromatic rings. The molecule has 446 valence electrons. The number of amides is 1. The van der Waals surface area contributed by atoms with Crippen LogP contribution in [-0.4, -0.2) is 98.7 Å². The molecular weight excluding hydrogens is 939 g/mol. The Morgan fingerprint density at radius 2 is 0.760 bits per heavy atom. The van der Waals surface area contributed by atoms with Gasteiger partial charge in [0.2, 0.25) is 5.91 Å². The number of carbonyl (C=O) groups is 1. The first kappa shape index (κ1) is 71.9. The molecule has 10 heteroatoms. The smallest absolute Gasteiger partial charge is 0.249 e. The summed E-state index contributed by atoms with van der Waals surface area (Å²) >= 11 is 0. The van der Waals surface area contributed by atoms with Crippen molar-refractivity contribution < 1.29 is 44.9 Å². The average Bonchev–Trinajstić information content (AvgIpc) is 3.41. The molecule has 1 rings (SSSR count). The summed E-state index contributed by atoms with van der Waals surface area (Å²) in [5.74, 6) is -0.609. The van der Waals surface area contributed by atoms with Crippen molar-refractivity contribution in [2.75, 3.05) is 13.2 Å². The van der Waals surface area contributed by atoms with Crippen molar-refractivity contribution in [2.45, 2.75) is 384 Å². The van der Waals surface area contributed by atoms with E-state index in [9.17, 15) is 35.4 Å². The molecule has 1 heterocycles. The average molecular weight is 1070 g/mol. The van der Waals surface area contributed by atoms with Gasteiger partial charge in [-0.3, -0.25) is 4.79 Å². The number of rotatable bonds is 58. The Balaban J connectivity index is 2.07. The predicted octanol–water partition coefficient (Wildman–Crippen LogP) is 16.1. The fourth-order valence-corrected chi connectivity index (χ4v) is 10.9. The monoisotopic (exact) mass is 1070 g/mol. The van der Waals surface area contributed by atoms with E-state index in [1.54, 1.807) is 6.08 Å². The van der Waals surface area contributed by atoms with Crippen LogP contribution < -0.4 is 5.32 Å². The summed E-state index contributed by atoms with van der Waals surface area (Å²) in [6, 6.07) is -0.976. The molecule has 0 aromatic carbocycles. The van der Waals surface area contributed by atoms with Gasteiger partial charge in [-0.25, -0.2) is 0 Å². The van der Waals surface area contributed by atoms with Crippen LogP contribution in [0, 0.1) is 0 Å². The van der Waals surface area contributed by atoms with Crippen molar-refractivity contribution in [1.29, 1.82) is 0 Å². The zero-order valence-electron chi connectivity index (χ0n) is 49.5. The minimum atomic E-state index is -1.61. The van der Waals surface area contributed by atoms with Crippen molar-refractivity contribution >= 4 is 5.91 Å². The Bertz CT molecular complexity index is 1210. The number of aliphatic hydroxyl groups excluding tert-OH is 6. The highest BCUT2D eigenvalue weighted by molar-refractivity contribution is 5.80. The van der Waals surface area contributed by atoms with Crippen LogP contribution in [0.3, 0.4) is 0 Å². The van der Waals surface area contributed by atoms with Gasteiger partial charge in [-0.2, -0.15) is 0 Å². The molecule has 10 nitrogen and oxygen atoms in total. The molecule has 1 fully saturated rings. The summed E-state index contributed by atoms with van der Waals surface area (Å²) < 4.78 is 11.2. The lowest BCUT2D eigenvalue weighted by Crippen LogP contribution is -2.60. The molecule has 1 aliphatic rings. The van der Waals surface area contributed by atoms with Gasteiger partial charge in [0.25, 0.3) is 0 Å². The summed E-state index contributed by atoms with van der Waals surface area (Å²) in [6.45, 7) is 3.65. The second-order valence-corrected chi connectivity index (χ2v) is 23.4. The molecule has 1 saturated heterocycles. The predicted molar refractivity (Wildman–Crippen MR) is 315 cm³/mol. The highest BCUT2D eigenvalue weighted by Crippen LogP contribution is 2.23. The number of aliphatic hydroxyl groups is 6. The molecule has 0 aromatic heterocycles. The molecule has 1 aliphatic heterocycles. The van der Waals surface area contributed by atoms with Crippen molar-refractivity contribution in [1.82, 2.24) is 5.32 Å². The number of hydrogen-bond acceptors (Lipinski definition) is 9. The van der Waals surface area contributed by atoms with E-state index in [1.807, 2.05) is 6.08 Å². The molecule has 8 atom stereocenters. The van der Waals surface area contributed by atoms with E-state index in [2.05, 4.69) is 19.2 Å². The van der Waals surface area contributed by atoms with Gasteiger partial charge in [0.1, 0.15) is 30.5 Å². The Labute approximate surface area is 463 Å². The van der Waals surface area contributed by atoms with E-state index < -0.39 is 61.5 Å². The lowest BCUT2D eigenvalue weighted by Gasteiger charge is -2.40. The van der Waals surface area contributed by atoms with E-state index in [0.717, 1.165) is 44.9 Å². The molecule has 0 spiro atoms.